The van der Waals surface area contributed by atoms with Gasteiger partial charge in [-0.25, -0.2) is 4.39 Å². The van der Waals surface area contributed by atoms with Gasteiger partial charge in [-0.05, 0) is 42.6 Å². The van der Waals surface area contributed by atoms with E-state index in [0.29, 0.717) is 0 Å². The second kappa shape index (κ2) is 9.41. The van der Waals surface area contributed by atoms with Crippen molar-refractivity contribution in [1.82, 2.24) is 10.2 Å². The number of nitrogens with one attached hydrogen (secondary N) is 1. The number of hydrogen-bond acceptors (Lipinski definition) is 4. The van der Waals surface area contributed by atoms with Crippen LogP contribution in [0.3, 0.4) is 0 Å². The van der Waals surface area contributed by atoms with Gasteiger partial charge >= 0.3 is 0 Å². The van der Waals surface area contributed by atoms with Crippen LogP contribution in [-0.2, 0) is 0 Å². The molecule has 6 heteroatoms. The molecular formula is C24H26FN3OS. The fourth-order valence-corrected chi connectivity index (χ4v) is 5.07. The maximum absolute atomic E-state index is 14.0. The lowest BCUT2D eigenvalue weighted by molar-refractivity contribution is 0.0886. The molecule has 0 radical (unpaired) electrons. The van der Waals surface area contributed by atoms with Crippen LogP contribution in [0.25, 0.3) is 0 Å². The summed E-state index contributed by atoms with van der Waals surface area (Å²) in [6.07, 6.45) is 0. The highest BCUT2D eigenvalue weighted by Crippen LogP contribution is 2.30. The van der Waals surface area contributed by atoms with E-state index in [2.05, 4.69) is 50.8 Å². The van der Waals surface area contributed by atoms with E-state index in [9.17, 15) is 9.18 Å². The van der Waals surface area contributed by atoms with Crippen LogP contribution in [0.5, 0.6) is 0 Å². The third-order valence-corrected chi connectivity index (χ3v) is 6.56. The monoisotopic (exact) mass is 423 g/mol. The molecule has 1 aliphatic heterocycles. The third kappa shape index (κ3) is 4.55. The molecule has 1 aromatic heterocycles. The van der Waals surface area contributed by atoms with Crippen molar-refractivity contribution < 1.29 is 9.18 Å². The summed E-state index contributed by atoms with van der Waals surface area (Å²) in [5.74, 6) is -0.864. The SMILES string of the molecule is C[C@@H](NC(=O)c1ccccc1F)[C@@H](c1cccs1)N1CCN(c2ccccc2)CC1. The predicted molar refractivity (Wildman–Crippen MR) is 121 cm³/mol. The number of carbonyl (C=O) groups is 1. The van der Waals surface area contributed by atoms with Gasteiger partial charge in [0.15, 0.2) is 0 Å². The van der Waals surface area contributed by atoms with Gasteiger partial charge in [0.1, 0.15) is 5.82 Å². The minimum Gasteiger partial charge on any atom is -0.369 e. The van der Waals surface area contributed by atoms with E-state index in [1.807, 2.05) is 19.1 Å². The summed E-state index contributed by atoms with van der Waals surface area (Å²) < 4.78 is 14.0. The average Bonchev–Trinajstić information content (AvgIpc) is 3.29. The van der Waals surface area contributed by atoms with Crippen LogP contribution >= 0.6 is 11.3 Å². The van der Waals surface area contributed by atoms with Crippen molar-refractivity contribution in [2.45, 2.75) is 19.0 Å². The summed E-state index contributed by atoms with van der Waals surface area (Å²) in [5.41, 5.74) is 1.33. The summed E-state index contributed by atoms with van der Waals surface area (Å²) in [7, 11) is 0. The number of carbonyl (C=O) groups excluding carboxylic acids is 1. The molecule has 0 spiro atoms. The fraction of sp³-hybridized carbons (Fsp3) is 0.292. The van der Waals surface area contributed by atoms with Crippen LogP contribution in [0, 0.1) is 5.82 Å². The normalized spacial score (nSPS) is 16.8. The molecule has 2 heterocycles. The lowest BCUT2D eigenvalue weighted by Crippen LogP contribution is -2.52. The number of benzene rings is 2. The van der Waals surface area contributed by atoms with Gasteiger partial charge in [-0.15, -0.1) is 11.3 Å². The first kappa shape index (κ1) is 20.6. The Labute approximate surface area is 180 Å². The second-order valence-electron chi connectivity index (χ2n) is 7.56. The highest BCUT2D eigenvalue weighted by molar-refractivity contribution is 7.10. The molecule has 4 rings (SSSR count). The predicted octanol–water partition coefficient (Wildman–Crippen LogP) is 4.57. The summed E-state index contributed by atoms with van der Waals surface area (Å²) in [6.45, 7) is 5.67. The van der Waals surface area contributed by atoms with E-state index in [-0.39, 0.29) is 23.6 Å². The quantitative estimate of drug-likeness (QED) is 0.631. The van der Waals surface area contributed by atoms with Crippen LogP contribution in [0.4, 0.5) is 10.1 Å². The van der Waals surface area contributed by atoms with Gasteiger partial charge in [0.2, 0.25) is 0 Å². The minimum absolute atomic E-state index is 0.0543. The summed E-state index contributed by atoms with van der Waals surface area (Å²) >= 11 is 1.70. The van der Waals surface area contributed by atoms with Gasteiger partial charge in [-0.1, -0.05) is 36.4 Å². The molecule has 0 bridgehead atoms. The van der Waals surface area contributed by atoms with E-state index in [1.54, 1.807) is 23.5 Å². The smallest absolute Gasteiger partial charge is 0.254 e. The molecule has 2 atom stereocenters. The van der Waals surface area contributed by atoms with Gasteiger partial charge in [0.25, 0.3) is 5.91 Å². The van der Waals surface area contributed by atoms with E-state index in [1.165, 1.54) is 22.7 Å². The molecule has 1 aliphatic rings. The van der Waals surface area contributed by atoms with Crippen molar-refractivity contribution in [2.24, 2.45) is 0 Å². The first-order chi connectivity index (χ1) is 14.6. The molecule has 3 aromatic rings. The molecule has 156 valence electrons. The lowest BCUT2D eigenvalue weighted by Gasteiger charge is -2.42. The molecule has 0 unspecified atom stereocenters. The number of piperazine rings is 1. The molecule has 1 amide bonds. The highest BCUT2D eigenvalue weighted by atomic mass is 32.1. The van der Waals surface area contributed by atoms with Crippen LogP contribution in [0.15, 0.2) is 72.1 Å². The van der Waals surface area contributed by atoms with Gasteiger partial charge in [-0.2, -0.15) is 0 Å². The van der Waals surface area contributed by atoms with Gasteiger partial charge in [-0.3, -0.25) is 9.69 Å². The number of nitrogens with zero attached hydrogens (tertiary/aromatic N) is 2. The van der Waals surface area contributed by atoms with E-state index < -0.39 is 5.82 Å². The Kier molecular flexibility index (Phi) is 6.45. The molecule has 1 saturated heterocycles. The van der Waals surface area contributed by atoms with Gasteiger partial charge in [0, 0.05) is 42.8 Å². The Morgan fingerprint density at radius 3 is 2.33 bits per heavy atom. The molecule has 0 aliphatic carbocycles. The number of rotatable bonds is 6. The number of thiophene rings is 1. The number of anilines is 1. The zero-order chi connectivity index (χ0) is 20.9. The Morgan fingerprint density at radius 1 is 0.967 bits per heavy atom. The second-order valence-corrected chi connectivity index (χ2v) is 8.54. The summed E-state index contributed by atoms with van der Waals surface area (Å²) in [6, 6.07) is 20.6. The zero-order valence-electron chi connectivity index (χ0n) is 17.0. The summed E-state index contributed by atoms with van der Waals surface area (Å²) in [4.78, 5) is 18.7. The van der Waals surface area contributed by atoms with Crippen LogP contribution < -0.4 is 10.2 Å². The minimum atomic E-state index is -0.494. The average molecular weight is 424 g/mol. The first-order valence-electron chi connectivity index (χ1n) is 10.3. The Balaban J connectivity index is 1.47. The standard InChI is InChI=1S/C24H26FN3OS/c1-18(26-24(29)20-10-5-6-11-21(20)25)23(22-12-7-17-30-22)28-15-13-27(14-16-28)19-8-3-2-4-9-19/h2-12,17-18,23H,13-16H2,1H3,(H,26,29)/t18-,23+/m1/s1. The van der Waals surface area contributed by atoms with Crippen LogP contribution in [0.1, 0.15) is 28.2 Å². The van der Waals surface area contributed by atoms with Crippen molar-refractivity contribution >= 4 is 22.9 Å². The van der Waals surface area contributed by atoms with Gasteiger partial charge < -0.3 is 10.2 Å². The van der Waals surface area contributed by atoms with E-state index >= 15 is 0 Å². The number of halogens is 1. The van der Waals surface area contributed by atoms with Crippen molar-refractivity contribution in [3.05, 3.63) is 88.4 Å². The lowest BCUT2D eigenvalue weighted by atomic mass is 10.0. The maximum atomic E-state index is 14.0. The molecule has 2 aromatic carbocycles. The van der Waals surface area contributed by atoms with Crippen molar-refractivity contribution in [2.75, 3.05) is 31.1 Å². The topological polar surface area (TPSA) is 35.6 Å². The number of amides is 1. The maximum Gasteiger partial charge on any atom is 0.254 e. The van der Waals surface area contributed by atoms with Crippen LogP contribution in [-0.4, -0.2) is 43.0 Å². The number of hydrogen-bond donors (Lipinski definition) is 1. The van der Waals surface area contributed by atoms with Crippen LogP contribution in [0.2, 0.25) is 0 Å². The van der Waals surface area contributed by atoms with Crippen molar-refractivity contribution in [3.8, 4) is 0 Å². The molecule has 0 saturated carbocycles. The van der Waals surface area contributed by atoms with E-state index in [0.717, 1.165) is 26.2 Å². The highest BCUT2D eigenvalue weighted by Gasteiger charge is 2.31. The Morgan fingerprint density at radius 2 is 1.67 bits per heavy atom. The molecule has 4 nitrogen and oxygen atoms in total. The molecule has 1 fully saturated rings. The van der Waals surface area contributed by atoms with E-state index in [4.69, 9.17) is 0 Å². The summed E-state index contributed by atoms with van der Waals surface area (Å²) in [5, 5.41) is 5.10. The Bertz CT molecular complexity index is 956. The zero-order valence-corrected chi connectivity index (χ0v) is 17.8. The fourth-order valence-electron chi connectivity index (χ4n) is 4.11. The molecule has 30 heavy (non-hydrogen) atoms. The van der Waals surface area contributed by atoms with Crippen molar-refractivity contribution in [3.63, 3.8) is 0 Å². The third-order valence-electron chi connectivity index (χ3n) is 5.61. The Hall–Kier alpha value is -2.70. The van der Waals surface area contributed by atoms with Gasteiger partial charge in [0.05, 0.1) is 11.6 Å². The molecular weight excluding hydrogens is 397 g/mol. The number of para-hydroxylation sites is 1. The molecule has 1 N–H and O–H groups in total. The van der Waals surface area contributed by atoms with Crippen molar-refractivity contribution in [1.29, 1.82) is 0 Å². The first-order valence-corrected chi connectivity index (χ1v) is 11.1. The largest absolute Gasteiger partial charge is 0.369 e.